The highest BCUT2D eigenvalue weighted by Gasteiger charge is 2.47. The first kappa shape index (κ1) is 15.4. The second kappa shape index (κ2) is 5.76. The molecule has 0 aromatic carbocycles. The molecule has 0 unspecified atom stereocenters. The molecular formula is C11H14FN3O6. The van der Waals surface area contributed by atoms with Crippen LogP contribution in [-0.4, -0.2) is 50.7 Å². The zero-order valence-electron chi connectivity index (χ0n) is 11.0. The van der Waals surface area contributed by atoms with Crippen LogP contribution in [0.4, 0.5) is 10.2 Å². The van der Waals surface area contributed by atoms with Gasteiger partial charge in [-0.3, -0.25) is 9.36 Å². The van der Waals surface area contributed by atoms with Gasteiger partial charge >= 0.3 is 11.7 Å². The molecule has 0 amide bonds. The molecule has 1 aliphatic heterocycles. The minimum Gasteiger partial charge on any atom is -0.457 e. The number of carbonyl (C=O) groups is 1. The van der Waals surface area contributed by atoms with Gasteiger partial charge in [-0.15, -0.1) is 0 Å². The number of aromatic nitrogens is 2. The van der Waals surface area contributed by atoms with Gasteiger partial charge in [0.2, 0.25) is 0 Å². The lowest BCUT2D eigenvalue weighted by Gasteiger charge is -2.19. The lowest BCUT2D eigenvalue weighted by Crippen LogP contribution is -2.39. The van der Waals surface area contributed by atoms with Crippen LogP contribution in [0.2, 0.25) is 0 Å². The fourth-order valence-electron chi connectivity index (χ4n) is 2.07. The zero-order chi connectivity index (χ0) is 15.7. The van der Waals surface area contributed by atoms with E-state index in [1.807, 2.05) is 0 Å². The third kappa shape index (κ3) is 2.86. The maximum absolute atomic E-state index is 13.4. The number of hydrogen-bond donors (Lipinski definition) is 3. The van der Waals surface area contributed by atoms with Crippen LogP contribution >= 0.6 is 0 Å². The molecule has 2 heterocycles. The molecule has 21 heavy (non-hydrogen) atoms. The molecule has 4 N–H and O–H groups in total. The van der Waals surface area contributed by atoms with Crippen LogP contribution in [0, 0.1) is 5.82 Å². The molecule has 10 heteroatoms. The zero-order valence-corrected chi connectivity index (χ0v) is 11.0. The minimum absolute atomic E-state index is 0.564. The van der Waals surface area contributed by atoms with Gasteiger partial charge in [0.1, 0.15) is 12.2 Å². The van der Waals surface area contributed by atoms with Gasteiger partial charge in [-0.05, 0) is 0 Å². The lowest BCUT2D eigenvalue weighted by atomic mass is 10.1. The fourth-order valence-corrected chi connectivity index (χ4v) is 2.07. The number of halogens is 1. The van der Waals surface area contributed by atoms with Crippen molar-refractivity contribution >= 4 is 11.8 Å². The van der Waals surface area contributed by atoms with Crippen molar-refractivity contribution in [2.75, 3.05) is 12.3 Å². The topological polar surface area (TPSA) is 137 Å². The van der Waals surface area contributed by atoms with E-state index in [2.05, 4.69) is 4.98 Å². The largest absolute Gasteiger partial charge is 0.457 e. The molecule has 1 aliphatic rings. The highest BCUT2D eigenvalue weighted by molar-refractivity contribution is 5.66. The van der Waals surface area contributed by atoms with E-state index in [1.54, 1.807) is 0 Å². The number of aliphatic hydroxyl groups excluding tert-OH is 2. The number of nitrogen functional groups attached to an aromatic ring is 1. The molecule has 0 bridgehead atoms. The molecule has 1 fully saturated rings. The maximum atomic E-state index is 13.4. The summed E-state index contributed by atoms with van der Waals surface area (Å²) in [6.45, 7) is 0.552. The molecule has 2 rings (SSSR count). The van der Waals surface area contributed by atoms with Crippen LogP contribution < -0.4 is 11.4 Å². The van der Waals surface area contributed by atoms with Gasteiger partial charge in [-0.1, -0.05) is 0 Å². The molecular weight excluding hydrogens is 289 g/mol. The highest BCUT2D eigenvalue weighted by atomic mass is 19.1. The number of hydrogen-bond acceptors (Lipinski definition) is 8. The van der Waals surface area contributed by atoms with Gasteiger partial charge in [0.25, 0.3) is 0 Å². The number of anilines is 1. The summed E-state index contributed by atoms with van der Waals surface area (Å²) in [7, 11) is 0. The molecule has 4 atom stereocenters. The second-order valence-corrected chi connectivity index (χ2v) is 4.48. The average molecular weight is 303 g/mol. The Morgan fingerprint density at radius 3 is 2.90 bits per heavy atom. The Morgan fingerprint density at radius 1 is 1.67 bits per heavy atom. The SMILES string of the molecule is CC(=O)O[C@H]1[C@H](O)[C@H](n2cc(F)c(N)nc2=O)O[C@@H]1CO. The molecule has 0 spiro atoms. The van der Waals surface area contributed by atoms with Gasteiger partial charge in [0.05, 0.1) is 12.8 Å². The molecule has 1 aromatic rings. The first-order valence-corrected chi connectivity index (χ1v) is 6.01. The van der Waals surface area contributed by atoms with Crippen LogP contribution in [0.15, 0.2) is 11.0 Å². The Labute approximate surface area is 117 Å². The first-order chi connectivity index (χ1) is 9.85. The molecule has 0 saturated carbocycles. The fraction of sp³-hybridized carbons (Fsp3) is 0.545. The van der Waals surface area contributed by atoms with Gasteiger partial charge in [0.15, 0.2) is 24.0 Å². The Morgan fingerprint density at radius 2 is 2.33 bits per heavy atom. The smallest absolute Gasteiger partial charge is 0.351 e. The van der Waals surface area contributed by atoms with Gasteiger partial charge in [0, 0.05) is 6.92 Å². The van der Waals surface area contributed by atoms with Crippen molar-refractivity contribution in [3.8, 4) is 0 Å². The Kier molecular flexibility index (Phi) is 4.21. The van der Waals surface area contributed by atoms with Crippen molar-refractivity contribution in [2.45, 2.75) is 31.5 Å². The van der Waals surface area contributed by atoms with Gasteiger partial charge in [-0.2, -0.15) is 4.98 Å². The molecule has 0 aliphatic carbocycles. The third-order valence-electron chi connectivity index (χ3n) is 3.00. The minimum atomic E-state index is -1.48. The van der Waals surface area contributed by atoms with E-state index in [4.69, 9.17) is 15.2 Å². The van der Waals surface area contributed by atoms with Gasteiger partial charge < -0.3 is 25.4 Å². The van der Waals surface area contributed by atoms with Crippen LogP contribution in [0.1, 0.15) is 13.2 Å². The number of ether oxygens (including phenoxy) is 2. The number of carbonyl (C=O) groups excluding carboxylic acids is 1. The van der Waals surface area contributed by atoms with Crippen molar-refractivity contribution < 1.29 is 28.9 Å². The Hall–Kier alpha value is -2.04. The number of nitrogens with zero attached hydrogens (tertiary/aromatic N) is 2. The van der Waals surface area contributed by atoms with Crippen molar-refractivity contribution in [3.05, 3.63) is 22.5 Å². The number of rotatable bonds is 3. The number of nitrogens with two attached hydrogens (primary N) is 1. The van der Waals surface area contributed by atoms with Crippen LogP contribution in [-0.2, 0) is 14.3 Å². The Bertz CT molecular complexity index is 606. The van der Waals surface area contributed by atoms with E-state index in [0.29, 0.717) is 4.57 Å². The Balaban J connectivity index is 2.35. The quantitative estimate of drug-likeness (QED) is 0.553. The normalized spacial score (nSPS) is 28.6. The highest BCUT2D eigenvalue weighted by Crippen LogP contribution is 2.30. The molecule has 1 saturated heterocycles. The number of aliphatic hydroxyl groups is 2. The van der Waals surface area contributed by atoms with Crippen LogP contribution in [0.3, 0.4) is 0 Å². The van der Waals surface area contributed by atoms with Crippen molar-refractivity contribution in [1.29, 1.82) is 0 Å². The monoisotopic (exact) mass is 303 g/mol. The van der Waals surface area contributed by atoms with Crippen molar-refractivity contribution in [2.24, 2.45) is 0 Å². The molecule has 116 valence electrons. The van der Waals surface area contributed by atoms with E-state index >= 15 is 0 Å². The first-order valence-electron chi connectivity index (χ1n) is 6.01. The maximum Gasteiger partial charge on any atom is 0.351 e. The van der Waals surface area contributed by atoms with E-state index in [1.165, 1.54) is 0 Å². The second-order valence-electron chi connectivity index (χ2n) is 4.48. The predicted molar refractivity (Wildman–Crippen MR) is 65.4 cm³/mol. The summed E-state index contributed by atoms with van der Waals surface area (Å²) in [4.78, 5) is 25.9. The lowest BCUT2D eigenvalue weighted by molar-refractivity contribution is -0.153. The van der Waals surface area contributed by atoms with Gasteiger partial charge in [-0.25, -0.2) is 9.18 Å². The van der Waals surface area contributed by atoms with E-state index in [-0.39, 0.29) is 0 Å². The predicted octanol–water partition coefficient (Wildman–Crippen LogP) is -1.85. The van der Waals surface area contributed by atoms with E-state index in [0.717, 1.165) is 13.1 Å². The van der Waals surface area contributed by atoms with E-state index < -0.39 is 54.4 Å². The van der Waals surface area contributed by atoms with Crippen molar-refractivity contribution in [1.82, 2.24) is 9.55 Å². The number of esters is 1. The standard InChI is InChI=1S/C11H14FN3O6/c1-4(17)20-8-6(3-16)21-10(7(8)18)15-2-5(12)9(13)14-11(15)19/h2,6-8,10,16,18H,3H2,1H3,(H2,13,14,19)/t6-,7+,8-,10-/m1/s1. The summed E-state index contributed by atoms with van der Waals surface area (Å²) in [5.41, 5.74) is 4.21. The molecule has 9 nitrogen and oxygen atoms in total. The average Bonchev–Trinajstić information content (AvgIpc) is 2.71. The summed E-state index contributed by atoms with van der Waals surface area (Å²) >= 11 is 0. The summed E-state index contributed by atoms with van der Waals surface area (Å²) in [5, 5.41) is 19.3. The summed E-state index contributed by atoms with van der Waals surface area (Å²) in [6.07, 6.45) is -4.36. The summed E-state index contributed by atoms with van der Waals surface area (Å²) < 4.78 is 24.2. The van der Waals surface area contributed by atoms with E-state index in [9.17, 15) is 24.2 Å². The van der Waals surface area contributed by atoms with Crippen LogP contribution in [0.5, 0.6) is 0 Å². The summed E-state index contributed by atoms with van der Waals surface area (Å²) in [5.74, 6) is -2.25. The molecule has 0 radical (unpaired) electrons. The third-order valence-corrected chi connectivity index (χ3v) is 3.00. The summed E-state index contributed by atoms with van der Waals surface area (Å²) in [6, 6.07) is 0. The molecule has 1 aromatic heterocycles. The van der Waals surface area contributed by atoms with Crippen LogP contribution in [0.25, 0.3) is 0 Å². The van der Waals surface area contributed by atoms with Crippen molar-refractivity contribution in [3.63, 3.8) is 0 Å².